The molecule has 0 amide bonds. The molecule has 0 saturated heterocycles. The Morgan fingerprint density at radius 2 is 2.21 bits per heavy atom. The Morgan fingerprint density at radius 1 is 1.37 bits per heavy atom. The molecule has 3 aromatic heterocycles. The van der Waals surface area contributed by atoms with Crippen LogP contribution in [-0.4, -0.2) is 36.6 Å². The Bertz CT molecular complexity index is 697. The first-order valence-corrected chi connectivity index (χ1v) is 6.51. The van der Waals surface area contributed by atoms with Crippen molar-refractivity contribution in [3.05, 3.63) is 40.6 Å². The maximum Gasteiger partial charge on any atom is 0.153 e. The zero-order valence-corrected chi connectivity index (χ0v) is 12.0. The zero-order chi connectivity index (χ0) is 13.4. The Morgan fingerprint density at radius 3 is 2.89 bits per heavy atom. The van der Waals surface area contributed by atoms with E-state index in [9.17, 15) is 0 Å². The molecule has 0 saturated carbocycles. The lowest BCUT2D eigenvalue weighted by Crippen LogP contribution is -2.21. The molecule has 7 nitrogen and oxygen atoms in total. The molecule has 3 heterocycles. The third kappa shape index (κ3) is 1.92. The van der Waals surface area contributed by atoms with Crippen LogP contribution in [0.2, 0.25) is 0 Å². The number of aryl methyl sites for hydroxylation is 1. The van der Waals surface area contributed by atoms with Crippen molar-refractivity contribution in [2.45, 2.75) is 6.04 Å². The highest BCUT2D eigenvalue weighted by Crippen LogP contribution is 2.28. The third-order valence-electron chi connectivity index (χ3n) is 3.05. The molecule has 0 aliphatic rings. The summed E-state index contributed by atoms with van der Waals surface area (Å²) in [6.07, 6.45) is 7.16. The number of hydrogen-bond acceptors (Lipinski definition) is 5. The second-order valence-electron chi connectivity index (χ2n) is 4.12. The van der Waals surface area contributed by atoms with E-state index in [4.69, 9.17) is 0 Å². The number of aromatic nitrogens is 6. The second kappa shape index (κ2) is 4.71. The lowest BCUT2D eigenvalue weighted by atomic mass is 10.1. The van der Waals surface area contributed by atoms with E-state index < -0.39 is 0 Å². The van der Waals surface area contributed by atoms with E-state index in [1.165, 1.54) is 0 Å². The third-order valence-corrected chi connectivity index (χ3v) is 3.62. The van der Waals surface area contributed by atoms with Gasteiger partial charge in [-0.2, -0.15) is 5.10 Å². The first-order chi connectivity index (χ1) is 9.22. The van der Waals surface area contributed by atoms with E-state index in [2.05, 4.69) is 41.6 Å². The van der Waals surface area contributed by atoms with Crippen LogP contribution in [0.5, 0.6) is 0 Å². The molecule has 3 rings (SSSR count). The molecule has 3 aromatic rings. The van der Waals surface area contributed by atoms with Crippen molar-refractivity contribution in [1.29, 1.82) is 0 Å². The van der Waals surface area contributed by atoms with Crippen molar-refractivity contribution in [3.63, 3.8) is 0 Å². The zero-order valence-electron chi connectivity index (χ0n) is 10.4. The van der Waals surface area contributed by atoms with E-state index >= 15 is 0 Å². The molecular formula is C11H12BrN7. The van der Waals surface area contributed by atoms with Crippen LogP contribution in [0, 0.1) is 0 Å². The lowest BCUT2D eigenvalue weighted by Gasteiger charge is -2.15. The number of nitrogens with one attached hydrogen (secondary N) is 1. The van der Waals surface area contributed by atoms with E-state index in [1.807, 2.05) is 26.5 Å². The minimum Gasteiger partial charge on any atom is -0.308 e. The summed E-state index contributed by atoms with van der Waals surface area (Å²) < 4.78 is 4.26. The van der Waals surface area contributed by atoms with Gasteiger partial charge >= 0.3 is 0 Å². The van der Waals surface area contributed by atoms with Gasteiger partial charge in [0.05, 0.1) is 29.6 Å². The fourth-order valence-electron chi connectivity index (χ4n) is 2.16. The van der Waals surface area contributed by atoms with Crippen molar-refractivity contribution in [2.24, 2.45) is 7.05 Å². The molecule has 1 atom stereocenters. The molecule has 19 heavy (non-hydrogen) atoms. The van der Waals surface area contributed by atoms with Crippen LogP contribution in [0.15, 0.2) is 29.4 Å². The maximum absolute atomic E-state index is 4.33. The Labute approximate surface area is 117 Å². The fraction of sp³-hybridized carbons (Fsp3) is 0.273. The van der Waals surface area contributed by atoms with Crippen LogP contribution < -0.4 is 5.32 Å². The average molecular weight is 322 g/mol. The number of nitrogens with zero attached hydrogens (tertiary/aromatic N) is 6. The molecule has 0 spiro atoms. The predicted octanol–water partition coefficient (Wildman–Crippen LogP) is 0.929. The number of rotatable bonds is 3. The van der Waals surface area contributed by atoms with Crippen LogP contribution in [0.1, 0.15) is 17.3 Å². The summed E-state index contributed by atoms with van der Waals surface area (Å²) in [7, 11) is 3.76. The highest BCUT2D eigenvalue weighted by molar-refractivity contribution is 9.10. The minimum atomic E-state index is -0.0592. The fourth-order valence-corrected chi connectivity index (χ4v) is 2.72. The molecule has 1 unspecified atom stereocenters. The molecule has 0 fully saturated rings. The first kappa shape index (κ1) is 12.2. The van der Waals surface area contributed by atoms with Crippen LogP contribution in [0.3, 0.4) is 0 Å². The quantitative estimate of drug-likeness (QED) is 0.777. The monoisotopic (exact) mass is 321 g/mol. The van der Waals surface area contributed by atoms with Gasteiger partial charge in [0, 0.05) is 25.0 Å². The molecule has 0 bridgehead atoms. The molecule has 0 aliphatic carbocycles. The van der Waals surface area contributed by atoms with E-state index in [0.717, 1.165) is 21.4 Å². The number of hydrogen-bond donors (Lipinski definition) is 1. The summed E-state index contributed by atoms with van der Waals surface area (Å²) in [4.78, 5) is 4.15. The largest absolute Gasteiger partial charge is 0.308 e. The summed E-state index contributed by atoms with van der Waals surface area (Å²) in [6, 6.07) is -0.0592. The molecule has 0 radical (unpaired) electrons. The van der Waals surface area contributed by atoms with Gasteiger partial charge in [-0.25, -0.2) is 9.20 Å². The van der Waals surface area contributed by atoms with Crippen molar-refractivity contribution in [2.75, 3.05) is 7.05 Å². The highest BCUT2D eigenvalue weighted by Gasteiger charge is 2.23. The maximum atomic E-state index is 4.33. The van der Waals surface area contributed by atoms with Crippen molar-refractivity contribution in [3.8, 4) is 0 Å². The van der Waals surface area contributed by atoms with Gasteiger partial charge in [0.25, 0.3) is 0 Å². The Balaban J connectivity index is 2.18. The summed E-state index contributed by atoms with van der Waals surface area (Å²) in [5.41, 5.74) is 2.93. The average Bonchev–Trinajstić information content (AvgIpc) is 2.98. The van der Waals surface area contributed by atoms with Gasteiger partial charge in [0.15, 0.2) is 4.60 Å². The van der Waals surface area contributed by atoms with Gasteiger partial charge in [-0.05, 0) is 23.0 Å². The molecular weight excluding hydrogens is 310 g/mol. The van der Waals surface area contributed by atoms with Gasteiger partial charge in [0.1, 0.15) is 0 Å². The number of halogens is 1. The molecule has 1 N–H and O–H groups in total. The molecule has 0 aliphatic heterocycles. The van der Waals surface area contributed by atoms with Crippen LogP contribution in [0.25, 0.3) is 5.52 Å². The van der Waals surface area contributed by atoms with Gasteiger partial charge in [-0.15, -0.1) is 5.10 Å². The van der Waals surface area contributed by atoms with Crippen molar-refractivity contribution >= 4 is 21.4 Å². The van der Waals surface area contributed by atoms with Crippen LogP contribution >= 0.6 is 15.9 Å². The first-order valence-electron chi connectivity index (χ1n) is 5.72. The Kier molecular flexibility index (Phi) is 3.03. The summed E-state index contributed by atoms with van der Waals surface area (Å²) in [6.45, 7) is 0. The van der Waals surface area contributed by atoms with Crippen LogP contribution in [-0.2, 0) is 7.05 Å². The second-order valence-corrected chi connectivity index (χ2v) is 4.87. The van der Waals surface area contributed by atoms with E-state index in [1.54, 1.807) is 21.6 Å². The van der Waals surface area contributed by atoms with E-state index in [0.29, 0.717) is 0 Å². The molecule has 0 aromatic carbocycles. The normalized spacial score (nSPS) is 13.0. The minimum absolute atomic E-state index is 0.0592. The standard InChI is InChI=1S/C11H12BrN7/c1-13-9(10-11(12)16-17-18(10)2)7-5-15-19-4-3-14-6-8(7)19/h3-6,9,13H,1-2H3. The lowest BCUT2D eigenvalue weighted by molar-refractivity contribution is 0.599. The van der Waals surface area contributed by atoms with Crippen LogP contribution in [0.4, 0.5) is 0 Å². The Hall–Kier alpha value is -1.80. The van der Waals surface area contributed by atoms with Gasteiger partial charge in [-0.1, -0.05) is 5.21 Å². The number of fused-ring (bicyclic) bond motifs is 1. The summed E-state index contributed by atoms with van der Waals surface area (Å²) in [5, 5.41) is 15.6. The van der Waals surface area contributed by atoms with Crippen molar-refractivity contribution in [1.82, 2.24) is 34.9 Å². The molecule has 8 heteroatoms. The van der Waals surface area contributed by atoms with Gasteiger partial charge in [-0.3, -0.25) is 4.98 Å². The topological polar surface area (TPSA) is 72.9 Å². The highest BCUT2D eigenvalue weighted by atomic mass is 79.9. The molecule has 98 valence electrons. The van der Waals surface area contributed by atoms with E-state index in [-0.39, 0.29) is 6.04 Å². The van der Waals surface area contributed by atoms with Gasteiger partial charge < -0.3 is 5.32 Å². The smallest absolute Gasteiger partial charge is 0.153 e. The predicted molar refractivity (Wildman–Crippen MR) is 72.6 cm³/mol. The summed E-state index contributed by atoms with van der Waals surface area (Å²) in [5.74, 6) is 0. The van der Waals surface area contributed by atoms with Gasteiger partial charge in [0.2, 0.25) is 0 Å². The SMILES string of the molecule is CNC(c1cnn2ccncc12)c1c(Br)nnn1C. The van der Waals surface area contributed by atoms with Crippen molar-refractivity contribution < 1.29 is 0 Å². The summed E-state index contributed by atoms with van der Waals surface area (Å²) >= 11 is 3.43.